The largest absolute Gasteiger partial charge is 0.376 e. The molecule has 1 atom stereocenters. The first kappa shape index (κ1) is 15.0. The molecule has 2 fully saturated rings. The van der Waals surface area contributed by atoms with Gasteiger partial charge in [0.15, 0.2) is 5.82 Å². The number of hydrogen-bond acceptors (Lipinski definition) is 5. The van der Waals surface area contributed by atoms with Gasteiger partial charge in [0, 0.05) is 6.42 Å². The molecule has 21 heavy (non-hydrogen) atoms. The highest BCUT2D eigenvalue weighted by atomic mass is 16.5. The van der Waals surface area contributed by atoms with Crippen molar-refractivity contribution in [2.45, 2.75) is 76.4 Å². The smallest absolute Gasteiger partial charge is 0.226 e. The van der Waals surface area contributed by atoms with Crippen LogP contribution in [-0.4, -0.2) is 22.9 Å². The van der Waals surface area contributed by atoms with E-state index in [1.54, 1.807) is 0 Å². The van der Waals surface area contributed by atoms with Crippen molar-refractivity contribution in [3.8, 4) is 0 Å². The van der Waals surface area contributed by atoms with Crippen LogP contribution in [0.25, 0.3) is 0 Å². The van der Waals surface area contributed by atoms with Crippen LogP contribution >= 0.6 is 0 Å². The standard InChI is InChI=1S/C16H27N3O2/c1-16(17,11-20-13-7-4-8-13)15-18-14(21-19-15)10-9-12-5-2-3-6-12/h12-13H,2-11,17H2,1H3. The van der Waals surface area contributed by atoms with Gasteiger partial charge in [0.05, 0.1) is 12.7 Å². The minimum Gasteiger partial charge on any atom is -0.376 e. The molecule has 2 aliphatic rings. The highest BCUT2D eigenvalue weighted by molar-refractivity contribution is 5.02. The molecule has 1 heterocycles. The second-order valence-electron chi connectivity index (χ2n) is 6.98. The lowest BCUT2D eigenvalue weighted by atomic mass is 9.95. The molecule has 2 N–H and O–H groups in total. The van der Waals surface area contributed by atoms with E-state index in [1.165, 1.54) is 32.1 Å². The second kappa shape index (κ2) is 6.44. The predicted molar refractivity (Wildman–Crippen MR) is 79.7 cm³/mol. The molecule has 3 rings (SSSR count). The molecule has 1 unspecified atom stereocenters. The minimum atomic E-state index is -0.662. The van der Waals surface area contributed by atoms with Crippen molar-refractivity contribution in [3.63, 3.8) is 0 Å². The van der Waals surface area contributed by atoms with Crippen molar-refractivity contribution in [2.24, 2.45) is 11.7 Å². The van der Waals surface area contributed by atoms with Gasteiger partial charge in [-0.2, -0.15) is 4.98 Å². The minimum absolute atomic E-state index is 0.376. The molecule has 0 radical (unpaired) electrons. The van der Waals surface area contributed by atoms with Gasteiger partial charge < -0.3 is 15.0 Å². The summed E-state index contributed by atoms with van der Waals surface area (Å²) in [5.74, 6) is 2.13. The summed E-state index contributed by atoms with van der Waals surface area (Å²) >= 11 is 0. The van der Waals surface area contributed by atoms with Crippen LogP contribution in [-0.2, 0) is 16.7 Å². The molecule has 2 aliphatic carbocycles. The van der Waals surface area contributed by atoms with E-state index < -0.39 is 5.54 Å². The van der Waals surface area contributed by atoms with Crippen molar-refractivity contribution in [1.82, 2.24) is 10.1 Å². The van der Waals surface area contributed by atoms with E-state index in [0.29, 0.717) is 18.5 Å². The maximum atomic E-state index is 6.29. The van der Waals surface area contributed by atoms with Crippen LogP contribution in [0.15, 0.2) is 4.52 Å². The van der Waals surface area contributed by atoms with Gasteiger partial charge in [0.25, 0.3) is 0 Å². The van der Waals surface area contributed by atoms with Crippen molar-refractivity contribution in [3.05, 3.63) is 11.7 Å². The number of rotatable bonds is 7. The van der Waals surface area contributed by atoms with Gasteiger partial charge >= 0.3 is 0 Å². The normalized spacial score (nSPS) is 23.1. The molecular weight excluding hydrogens is 266 g/mol. The van der Waals surface area contributed by atoms with E-state index >= 15 is 0 Å². The zero-order valence-corrected chi connectivity index (χ0v) is 13.0. The summed E-state index contributed by atoms with van der Waals surface area (Å²) < 4.78 is 11.2. The van der Waals surface area contributed by atoms with Crippen LogP contribution in [0.2, 0.25) is 0 Å². The fraction of sp³-hybridized carbons (Fsp3) is 0.875. The van der Waals surface area contributed by atoms with Crippen molar-refractivity contribution < 1.29 is 9.26 Å². The molecule has 1 aromatic rings. The first-order chi connectivity index (χ1) is 10.1. The Kier molecular flexibility index (Phi) is 4.60. The Morgan fingerprint density at radius 2 is 2.00 bits per heavy atom. The van der Waals surface area contributed by atoms with Crippen LogP contribution in [0.4, 0.5) is 0 Å². The molecule has 5 heteroatoms. The Labute approximate surface area is 126 Å². The maximum Gasteiger partial charge on any atom is 0.226 e. The average Bonchev–Trinajstić information content (AvgIpc) is 3.06. The Balaban J connectivity index is 1.49. The Morgan fingerprint density at radius 1 is 1.24 bits per heavy atom. The van der Waals surface area contributed by atoms with Gasteiger partial charge in [-0.25, -0.2) is 0 Å². The van der Waals surface area contributed by atoms with Crippen LogP contribution in [0.1, 0.15) is 70.0 Å². The fourth-order valence-corrected chi connectivity index (χ4v) is 3.11. The summed E-state index contributed by atoms with van der Waals surface area (Å²) in [5.41, 5.74) is 5.62. The predicted octanol–water partition coefficient (Wildman–Crippen LogP) is 2.94. The quantitative estimate of drug-likeness (QED) is 0.836. The first-order valence-corrected chi connectivity index (χ1v) is 8.37. The lowest BCUT2D eigenvalue weighted by Crippen LogP contribution is -2.41. The van der Waals surface area contributed by atoms with Crippen LogP contribution in [0.3, 0.4) is 0 Å². The summed E-state index contributed by atoms with van der Waals surface area (Å²) in [4.78, 5) is 4.48. The Morgan fingerprint density at radius 3 is 2.67 bits per heavy atom. The topological polar surface area (TPSA) is 74.2 Å². The van der Waals surface area contributed by atoms with Gasteiger partial charge in [0.2, 0.25) is 5.89 Å². The molecule has 0 spiro atoms. The number of nitrogens with zero attached hydrogens (tertiary/aromatic N) is 2. The summed E-state index contributed by atoms with van der Waals surface area (Å²) in [6.45, 7) is 2.37. The van der Waals surface area contributed by atoms with Crippen LogP contribution < -0.4 is 5.73 Å². The lowest BCUT2D eigenvalue weighted by molar-refractivity contribution is -0.0222. The van der Waals surface area contributed by atoms with Crippen molar-refractivity contribution in [1.29, 1.82) is 0 Å². The third-order valence-corrected chi connectivity index (χ3v) is 4.89. The monoisotopic (exact) mass is 293 g/mol. The average molecular weight is 293 g/mol. The van der Waals surface area contributed by atoms with E-state index in [9.17, 15) is 0 Å². The van der Waals surface area contributed by atoms with Gasteiger partial charge in [-0.1, -0.05) is 30.8 Å². The molecule has 0 amide bonds. The Bertz CT molecular complexity index is 448. The van der Waals surface area contributed by atoms with Gasteiger partial charge in [0.1, 0.15) is 5.54 Å². The summed E-state index contributed by atoms with van der Waals surface area (Å²) in [6, 6.07) is 0. The Hall–Kier alpha value is -0.940. The van der Waals surface area contributed by atoms with Crippen molar-refractivity contribution in [2.75, 3.05) is 6.61 Å². The maximum absolute atomic E-state index is 6.29. The number of hydrogen-bond donors (Lipinski definition) is 1. The lowest BCUT2D eigenvalue weighted by Gasteiger charge is -2.29. The summed E-state index contributed by atoms with van der Waals surface area (Å²) in [5, 5.41) is 4.06. The first-order valence-electron chi connectivity index (χ1n) is 8.37. The molecule has 0 saturated heterocycles. The molecule has 118 valence electrons. The third-order valence-electron chi connectivity index (χ3n) is 4.89. The zero-order valence-electron chi connectivity index (χ0n) is 13.0. The van der Waals surface area contributed by atoms with Crippen molar-refractivity contribution >= 4 is 0 Å². The van der Waals surface area contributed by atoms with E-state index in [1.807, 2.05) is 6.92 Å². The van der Waals surface area contributed by atoms with Crippen LogP contribution in [0, 0.1) is 5.92 Å². The van der Waals surface area contributed by atoms with E-state index in [4.69, 9.17) is 15.0 Å². The van der Waals surface area contributed by atoms with E-state index in [2.05, 4.69) is 10.1 Å². The highest BCUT2D eigenvalue weighted by Crippen LogP contribution is 2.29. The van der Waals surface area contributed by atoms with E-state index in [0.717, 1.165) is 37.5 Å². The van der Waals surface area contributed by atoms with Gasteiger partial charge in [-0.05, 0) is 38.5 Å². The summed E-state index contributed by atoms with van der Waals surface area (Å²) in [7, 11) is 0. The molecule has 2 saturated carbocycles. The second-order valence-corrected chi connectivity index (χ2v) is 6.98. The molecule has 5 nitrogen and oxygen atoms in total. The number of aryl methyl sites for hydroxylation is 1. The van der Waals surface area contributed by atoms with Crippen LogP contribution in [0.5, 0.6) is 0 Å². The SMILES string of the molecule is CC(N)(COC1CCC1)c1noc(CCC2CCCC2)n1. The number of aromatic nitrogens is 2. The third kappa shape index (κ3) is 3.83. The zero-order chi connectivity index (χ0) is 14.7. The molecule has 0 aliphatic heterocycles. The highest BCUT2D eigenvalue weighted by Gasteiger charge is 2.30. The molecule has 0 aromatic carbocycles. The van der Waals surface area contributed by atoms with Gasteiger partial charge in [-0.3, -0.25) is 0 Å². The fourth-order valence-electron chi connectivity index (χ4n) is 3.11. The van der Waals surface area contributed by atoms with Gasteiger partial charge in [-0.15, -0.1) is 0 Å². The molecular formula is C16H27N3O2. The molecule has 0 bridgehead atoms. The molecule has 1 aromatic heterocycles. The number of ether oxygens (including phenoxy) is 1. The summed E-state index contributed by atoms with van der Waals surface area (Å²) in [6.07, 6.45) is 11.4. The number of nitrogens with two attached hydrogens (primary N) is 1. The van der Waals surface area contributed by atoms with E-state index in [-0.39, 0.29) is 0 Å².